The Morgan fingerprint density at radius 3 is 2.10 bits per heavy atom. The molecule has 0 radical (unpaired) electrons. The van der Waals surface area contributed by atoms with Crippen molar-refractivity contribution in [2.24, 2.45) is 0 Å². The molecule has 0 unspecified atom stereocenters. The third-order valence-corrected chi connectivity index (χ3v) is 9.28. The number of sulfonamides is 1. The van der Waals surface area contributed by atoms with Gasteiger partial charge >= 0.3 is 0 Å². The molecule has 0 bridgehead atoms. The van der Waals surface area contributed by atoms with Crippen LogP contribution in [0.5, 0.6) is 0 Å². The molecule has 0 aromatic heterocycles. The number of carbonyl (C=O) groups excluding carboxylic acids is 2. The second kappa shape index (κ2) is 12.2. The molecule has 1 aliphatic rings. The summed E-state index contributed by atoms with van der Waals surface area (Å²) in [4.78, 5) is 28.7. The maximum atomic E-state index is 13.6. The molecule has 0 spiro atoms. The number of hydrogen-bond donors (Lipinski definition) is 1. The maximum absolute atomic E-state index is 13.6. The zero-order valence-electron chi connectivity index (χ0n) is 22.1. The molecule has 41 heavy (non-hydrogen) atoms. The van der Waals surface area contributed by atoms with E-state index in [2.05, 4.69) is 4.72 Å². The van der Waals surface area contributed by atoms with E-state index in [9.17, 15) is 18.0 Å². The zero-order valence-corrected chi connectivity index (χ0v) is 24.5. The van der Waals surface area contributed by atoms with Gasteiger partial charge in [0.05, 0.1) is 9.80 Å². The highest BCUT2D eigenvalue weighted by Crippen LogP contribution is 2.35. The molecule has 0 saturated carbocycles. The maximum Gasteiger partial charge on any atom is 0.266 e. The first-order valence-electron chi connectivity index (χ1n) is 12.8. The summed E-state index contributed by atoms with van der Waals surface area (Å²) in [5, 5.41) is 0. The van der Waals surface area contributed by atoms with Crippen molar-refractivity contribution in [1.82, 2.24) is 9.62 Å². The van der Waals surface area contributed by atoms with Gasteiger partial charge in [-0.05, 0) is 47.4 Å². The Balaban J connectivity index is 1.41. The van der Waals surface area contributed by atoms with E-state index in [1.54, 1.807) is 18.2 Å². The minimum absolute atomic E-state index is 0.0425. The van der Waals surface area contributed by atoms with Gasteiger partial charge in [0.15, 0.2) is 0 Å². The normalized spacial score (nSPS) is 15.2. The predicted molar refractivity (Wildman–Crippen MR) is 167 cm³/mol. The number of aryl methyl sites for hydroxylation is 1. The third kappa shape index (κ3) is 6.65. The molecule has 2 amide bonds. The Hall–Kier alpha value is -4.05. The van der Waals surface area contributed by atoms with Crippen molar-refractivity contribution >= 4 is 56.2 Å². The van der Waals surface area contributed by atoms with Crippen LogP contribution >= 0.6 is 24.0 Å². The van der Waals surface area contributed by atoms with Crippen LogP contribution in [-0.4, -0.2) is 35.5 Å². The lowest BCUT2D eigenvalue weighted by Crippen LogP contribution is -2.51. The number of carbonyl (C=O) groups is 2. The summed E-state index contributed by atoms with van der Waals surface area (Å²) in [7, 11) is -4.17. The average Bonchev–Trinajstić information content (AvgIpc) is 3.25. The second-order valence-electron chi connectivity index (χ2n) is 9.53. The van der Waals surface area contributed by atoms with Crippen LogP contribution in [0.4, 0.5) is 0 Å². The average molecular weight is 599 g/mol. The van der Waals surface area contributed by atoms with Crippen LogP contribution in [0.25, 0.3) is 17.2 Å². The first-order valence-corrected chi connectivity index (χ1v) is 15.5. The molecule has 5 rings (SSSR count). The van der Waals surface area contributed by atoms with Crippen LogP contribution in [0.15, 0.2) is 119 Å². The SMILES string of the molecule is Cc1ccc(S(=O)(=O)NC(=O)[C@H](Cc2ccccc2)N2C(=O)/C(=C/c3ccc(-c4ccccc4)cc3)SC2=S)cc1. The summed E-state index contributed by atoms with van der Waals surface area (Å²) in [6.07, 6.45) is 1.82. The number of benzene rings is 4. The Morgan fingerprint density at radius 2 is 1.46 bits per heavy atom. The molecule has 9 heteroatoms. The number of hydrogen-bond acceptors (Lipinski definition) is 6. The van der Waals surface area contributed by atoms with Gasteiger partial charge in [0.25, 0.3) is 21.8 Å². The molecule has 1 aliphatic heterocycles. The fraction of sp³-hybridized carbons (Fsp3) is 0.0938. The number of nitrogens with one attached hydrogen (secondary N) is 1. The molecule has 1 fully saturated rings. The molecule has 4 aromatic carbocycles. The Morgan fingerprint density at radius 1 is 0.878 bits per heavy atom. The van der Waals surface area contributed by atoms with E-state index in [0.29, 0.717) is 4.91 Å². The molecule has 1 heterocycles. The molecule has 1 atom stereocenters. The zero-order chi connectivity index (χ0) is 29.0. The van der Waals surface area contributed by atoms with E-state index in [1.165, 1.54) is 17.0 Å². The van der Waals surface area contributed by atoms with Crippen molar-refractivity contribution < 1.29 is 18.0 Å². The van der Waals surface area contributed by atoms with Crippen molar-refractivity contribution in [2.45, 2.75) is 24.3 Å². The van der Waals surface area contributed by atoms with Gasteiger partial charge in [-0.3, -0.25) is 14.5 Å². The quantitative estimate of drug-likeness (QED) is 0.199. The summed E-state index contributed by atoms with van der Waals surface area (Å²) in [5.41, 5.74) is 4.58. The first-order chi connectivity index (χ1) is 19.7. The van der Waals surface area contributed by atoms with E-state index in [-0.39, 0.29) is 15.6 Å². The number of thioether (sulfide) groups is 1. The summed E-state index contributed by atoms with van der Waals surface area (Å²) in [6.45, 7) is 1.84. The van der Waals surface area contributed by atoms with E-state index in [1.807, 2.05) is 91.9 Å². The van der Waals surface area contributed by atoms with Crippen LogP contribution in [0.3, 0.4) is 0 Å². The van der Waals surface area contributed by atoms with Gasteiger partial charge in [0.1, 0.15) is 10.4 Å². The van der Waals surface area contributed by atoms with Crippen molar-refractivity contribution in [3.8, 4) is 11.1 Å². The Kier molecular flexibility index (Phi) is 8.49. The number of amides is 2. The van der Waals surface area contributed by atoms with Crippen LogP contribution in [0.2, 0.25) is 0 Å². The molecule has 6 nitrogen and oxygen atoms in total. The molecular weight excluding hydrogens is 573 g/mol. The standard InChI is InChI=1S/C32H26N2O4S3/c1-22-12-18-27(19-13-22)41(37,38)33-30(35)28(20-23-8-4-2-5-9-23)34-31(36)29(40-32(34)39)21-24-14-16-26(17-15-24)25-10-6-3-7-11-25/h2-19,21,28H,20H2,1H3,(H,33,35)/b29-21-/t28-/m0/s1. The van der Waals surface area contributed by atoms with Crippen molar-refractivity contribution in [3.05, 3.63) is 131 Å². The van der Waals surface area contributed by atoms with Gasteiger partial charge in [-0.15, -0.1) is 0 Å². The topological polar surface area (TPSA) is 83.6 Å². The van der Waals surface area contributed by atoms with Gasteiger partial charge in [-0.2, -0.15) is 0 Å². The lowest BCUT2D eigenvalue weighted by Gasteiger charge is -2.26. The van der Waals surface area contributed by atoms with E-state index in [4.69, 9.17) is 12.2 Å². The summed E-state index contributed by atoms with van der Waals surface area (Å²) in [5.74, 6) is -1.28. The second-order valence-corrected chi connectivity index (χ2v) is 12.9. The van der Waals surface area contributed by atoms with Gasteiger partial charge in [-0.25, -0.2) is 13.1 Å². The van der Waals surface area contributed by atoms with Crippen molar-refractivity contribution in [3.63, 3.8) is 0 Å². The highest BCUT2D eigenvalue weighted by molar-refractivity contribution is 8.26. The van der Waals surface area contributed by atoms with E-state index in [0.717, 1.165) is 39.6 Å². The minimum Gasteiger partial charge on any atom is -0.280 e. The highest BCUT2D eigenvalue weighted by atomic mass is 32.2. The van der Waals surface area contributed by atoms with E-state index < -0.39 is 27.9 Å². The number of nitrogens with zero attached hydrogens (tertiary/aromatic N) is 1. The van der Waals surface area contributed by atoms with Crippen LogP contribution in [0, 0.1) is 6.92 Å². The fourth-order valence-corrected chi connectivity index (χ4v) is 6.79. The number of rotatable bonds is 8. The summed E-state index contributed by atoms with van der Waals surface area (Å²) < 4.78 is 28.4. The molecular formula is C32H26N2O4S3. The molecule has 206 valence electrons. The predicted octanol–water partition coefficient (Wildman–Crippen LogP) is 5.98. The van der Waals surface area contributed by atoms with Gasteiger partial charge in [0, 0.05) is 6.42 Å². The summed E-state index contributed by atoms with van der Waals surface area (Å²) >= 11 is 6.64. The Bertz CT molecular complexity index is 1720. The third-order valence-electron chi connectivity index (χ3n) is 6.59. The van der Waals surface area contributed by atoms with Gasteiger partial charge in [0.2, 0.25) is 0 Å². The smallest absolute Gasteiger partial charge is 0.266 e. The largest absolute Gasteiger partial charge is 0.280 e. The van der Waals surface area contributed by atoms with Crippen LogP contribution in [-0.2, 0) is 26.0 Å². The lowest BCUT2D eigenvalue weighted by molar-refractivity contribution is -0.131. The monoisotopic (exact) mass is 598 g/mol. The number of thiocarbonyl (C=S) groups is 1. The van der Waals surface area contributed by atoms with Crippen molar-refractivity contribution in [2.75, 3.05) is 0 Å². The van der Waals surface area contributed by atoms with E-state index >= 15 is 0 Å². The van der Waals surface area contributed by atoms with Crippen LogP contribution in [0.1, 0.15) is 16.7 Å². The Labute approximate surface area is 249 Å². The highest BCUT2D eigenvalue weighted by Gasteiger charge is 2.41. The van der Waals surface area contributed by atoms with Crippen LogP contribution < -0.4 is 4.72 Å². The first kappa shape index (κ1) is 28.5. The molecule has 4 aromatic rings. The molecule has 1 N–H and O–H groups in total. The summed E-state index contributed by atoms with van der Waals surface area (Å²) in [6, 6.07) is 31.8. The fourth-order valence-electron chi connectivity index (χ4n) is 4.42. The van der Waals surface area contributed by atoms with Gasteiger partial charge < -0.3 is 0 Å². The lowest BCUT2D eigenvalue weighted by atomic mass is 10.0. The molecule has 1 saturated heterocycles. The van der Waals surface area contributed by atoms with Gasteiger partial charge in [-0.1, -0.05) is 127 Å². The van der Waals surface area contributed by atoms with Crippen molar-refractivity contribution in [1.29, 1.82) is 0 Å². The minimum atomic E-state index is -4.17. The molecule has 0 aliphatic carbocycles.